The largest absolute Gasteiger partial charge is 2.00 e. The fourth-order valence-corrected chi connectivity index (χ4v) is 6.22. The predicted molar refractivity (Wildman–Crippen MR) is 198 cm³/mol. The van der Waals surface area contributed by atoms with Crippen LogP contribution >= 0.6 is 0 Å². The zero-order valence-corrected chi connectivity index (χ0v) is 31.8. The molecule has 0 aliphatic carbocycles. The Morgan fingerprint density at radius 1 is 0.615 bits per heavy atom. The Morgan fingerprint density at radius 3 is 1.40 bits per heavy atom. The first kappa shape index (κ1) is 41.2. The Kier molecular flexibility index (Phi) is 13.7. The monoisotopic (exact) mass is 765 g/mol. The molecular weight excluding hydrogens is 724 g/mol. The van der Waals surface area contributed by atoms with Crippen LogP contribution in [0.25, 0.3) is 56.5 Å². The Hall–Kier alpha value is -5.23. The third-order valence-corrected chi connectivity index (χ3v) is 9.00. The molecule has 0 radical (unpaired) electrons. The van der Waals surface area contributed by atoms with Crippen molar-refractivity contribution in [2.24, 2.45) is 0 Å². The summed E-state index contributed by atoms with van der Waals surface area (Å²) in [7, 11) is 0. The van der Waals surface area contributed by atoms with Crippen molar-refractivity contribution in [3.8, 4) is 0 Å². The van der Waals surface area contributed by atoms with Crippen LogP contribution in [0.5, 0.6) is 0 Å². The van der Waals surface area contributed by atoms with Crippen molar-refractivity contribution in [1.29, 1.82) is 0 Å². The van der Waals surface area contributed by atoms with Crippen LogP contribution < -0.4 is 34.1 Å². The number of aromatic nitrogens is 4. The van der Waals surface area contributed by atoms with E-state index in [0.717, 1.165) is 72.3 Å². The van der Waals surface area contributed by atoms with Crippen molar-refractivity contribution < 1.29 is 48.7 Å². The van der Waals surface area contributed by atoms with Gasteiger partial charge >= 0.3 is 17.1 Å². The smallest absolute Gasteiger partial charge is 1.00 e. The number of aromatic amines is 2. The second-order valence-electron chi connectivity index (χ2n) is 12.4. The van der Waals surface area contributed by atoms with E-state index in [4.69, 9.17) is 9.97 Å². The number of carbonyl (C=O) groups excluding carboxylic acids is 4. The van der Waals surface area contributed by atoms with Gasteiger partial charge in [-0.2, -0.15) is 0 Å². The van der Waals surface area contributed by atoms with Crippen LogP contribution in [-0.2, 0) is 36.2 Å². The average molecular weight is 766 g/mol. The van der Waals surface area contributed by atoms with Gasteiger partial charge in [-0.05, 0) is 98.2 Å². The van der Waals surface area contributed by atoms with Crippen molar-refractivity contribution in [2.45, 2.75) is 67.2 Å². The van der Waals surface area contributed by atoms with Gasteiger partial charge in [-0.3, -0.25) is 40.9 Å². The van der Waals surface area contributed by atoms with Crippen LogP contribution in [0.4, 0.5) is 0 Å². The van der Waals surface area contributed by atoms with Gasteiger partial charge in [0.25, 0.3) is 0 Å². The quantitative estimate of drug-likeness (QED) is 0.152. The number of hydrazine groups is 2. The van der Waals surface area contributed by atoms with E-state index < -0.39 is 0 Å². The van der Waals surface area contributed by atoms with Crippen molar-refractivity contribution >= 4 is 80.1 Å². The summed E-state index contributed by atoms with van der Waals surface area (Å²) >= 11 is 0. The number of hydrogen-bond donors (Lipinski definition) is 6. The number of halogens is 1. The van der Waals surface area contributed by atoms with Crippen LogP contribution in [0.15, 0.2) is 37.4 Å². The number of hydrogen-bond acceptors (Lipinski definition) is 6. The van der Waals surface area contributed by atoms with E-state index in [0.29, 0.717) is 29.9 Å². The molecule has 8 bridgehead atoms. The van der Waals surface area contributed by atoms with E-state index >= 15 is 0 Å². The predicted octanol–water partition coefficient (Wildman–Crippen LogP) is 2.98. The maximum Gasteiger partial charge on any atom is 2.00 e. The van der Waals surface area contributed by atoms with Crippen molar-refractivity contribution in [3.63, 3.8) is 0 Å². The van der Waals surface area contributed by atoms with E-state index in [1.54, 1.807) is 0 Å². The summed E-state index contributed by atoms with van der Waals surface area (Å²) in [6, 6.07) is 7.94. The SMILES string of the molecule is C=Cc1c(C)c2cc3[nH]c(cc4nc(cc5nc(cc1[nH]2)C(C)=C5CCC(=O)NNC(C)=O)C(CCC(=O)NNC(C)=O)=C4C)c(C)c3C=C.[Cl-].[Fe+2]. The first-order valence-corrected chi connectivity index (χ1v) is 16.3. The fraction of sp³-hybridized carbons (Fsp3) is 0.263. The molecule has 52 heavy (non-hydrogen) atoms. The number of allylic oxidation sites excluding steroid dienone is 4. The molecule has 5 rings (SSSR count). The minimum Gasteiger partial charge on any atom is -1.00 e. The number of aryl methyl sites for hydroxylation is 2. The minimum atomic E-state index is -0.370. The van der Waals surface area contributed by atoms with Crippen LogP contribution in [0.1, 0.15) is 98.4 Å². The van der Waals surface area contributed by atoms with E-state index in [-0.39, 0.29) is 65.9 Å². The summed E-state index contributed by atoms with van der Waals surface area (Å²) in [6.45, 7) is 18.8. The summed E-state index contributed by atoms with van der Waals surface area (Å²) in [4.78, 5) is 65.2. The van der Waals surface area contributed by atoms with Crippen LogP contribution in [-0.4, -0.2) is 43.6 Å². The van der Waals surface area contributed by atoms with E-state index in [1.807, 2.05) is 58.0 Å². The number of fused-ring (bicyclic) bond motifs is 8. The summed E-state index contributed by atoms with van der Waals surface area (Å²) in [5, 5.41) is 0. The van der Waals surface area contributed by atoms with E-state index in [2.05, 4.69) is 50.9 Å². The Bertz CT molecular complexity index is 2210. The van der Waals surface area contributed by atoms with Gasteiger partial charge in [0.05, 0.1) is 22.8 Å². The summed E-state index contributed by atoms with van der Waals surface area (Å²) in [5.41, 5.74) is 23.2. The van der Waals surface area contributed by atoms with Gasteiger partial charge in [0.15, 0.2) is 0 Å². The molecule has 2 aliphatic heterocycles. The van der Waals surface area contributed by atoms with Crippen molar-refractivity contribution in [2.75, 3.05) is 0 Å². The maximum absolute atomic E-state index is 12.6. The van der Waals surface area contributed by atoms with Crippen LogP contribution in [0.2, 0.25) is 0 Å². The molecule has 5 heterocycles. The molecule has 0 spiro atoms. The standard InChI is InChI=1S/C38H42N8O4.ClH.Fe/c1-9-25-19(3)29-15-30-21(5)27(11-13-37(49)45-43-23(7)47)35(41-30)18-36-28(12-14-38(50)46-44-24(8)48)22(6)32(42-36)17-34-26(10-2)20(4)31(40-34)16-33(25)39-29;;/h9-10,15-18,39-40H,1-2,11-14H2,3-8H3,(H,43,47)(H,44,48)(H,45,49)(H,46,50);1H;/q;;+2/p-1. The van der Waals surface area contributed by atoms with Gasteiger partial charge in [0, 0.05) is 59.9 Å². The van der Waals surface area contributed by atoms with Gasteiger partial charge in [0.1, 0.15) is 0 Å². The van der Waals surface area contributed by atoms with E-state index in [1.165, 1.54) is 13.8 Å². The zero-order chi connectivity index (χ0) is 36.3. The normalized spacial score (nSPS) is 12.0. The van der Waals surface area contributed by atoms with Gasteiger partial charge < -0.3 is 22.4 Å². The van der Waals surface area contributed by atoms with Crippen LogP contribution in [0, 0.1) is 13.8 Å². The molecule has 272 valence electrons. The van der Waals surface area contributed by atoms with Crippen molar-refractivity contribution in [1.82, 2.24) is 41.6 Å². The minimum absolute atomic E-state index is 0. The molecule has 0 saturated heterocycles. The number of rotatable bonds is 8. The molecule has 0 atom stereocenters. The van der Waals surface area contributed by atoms with Crippen LogP contribution in [0.3, 0.4) is 0 Å². The molecule has 3 aromatic rings. The second-order valence-corrected chi connectivity index (χ2v) is 12.4. The first-order valence-electron chi connectivity index (χ1n) is 16.3. The molecule has 14 heteroatoms. The van der Waals surface area contributed by atoms with Gasteiger partial charge in [0.2, 0.25) is 23.6 Å². The molecule has 0 fully saturated rings. The summed E-state index contributed by atoms with van der Waals surface area (Å²) < 4.78 is 0. The summed E-state index contributed by atoms with van der Waals surface area (Å²) in [5.74, 6) is -1.42. The van der Waals surface area contributed by atoms with Gasteiger partial charge in [-0.15, -0.1) is 0 Å². The first-order chi connectivity index (χ1) is 23.8. The Morgan fingerprint density at radius 2 is 1.00 bits per heavy atom. The van der Waals surface area contributed by atoms with E-state index in [9.17, 15) is 19.2 Å². The number of carbonyl (C=O) groups is 4. The molecule has 0 saturated carbocycles. The van der Waals surface area contributed by atoms with Gasteiger partial charge in [-0.25, -0.2) is 9.97 Å². The molecule has 4 amide bonds. The molecule has 0 unspecified atom stereocenters. The molecular formula is C38H42ClFeN8O4+. The zero-order valence-electron chi connectivity index (χ0n) is 30.0. The number of nitrogens with zero attached hydrogens (tertiary/aromatic N) is 2. The topological polar surface area (TPSA) is 174 Å². The number of nitrogens with one attached hydrogen (secondary N) is 6. The maximum atomic E-state index is 12.6. The Balaban J connectivity index is 0.00000364. The molecule has 12 nitrogen and oxygen atoms in total. The number of amides is 4. The second kappa shape index (κ2) is 17.3. The number of H-pyrrole nitrogens is 2. The fourth-order valence-electron chi connectivity index (χ4n) is 6.22. The third-order valence-electron chi connectivity index (χ3n) is 9.00. The Labute approximate surface area is 319 Å². The van der Waals surface area contributed by atoms with Gasteiger partial charge in [-0.1, -0.05) is 25.3 Å². The molecule has 0 aromatic carbocycles. The molecule has 2 aliphatic rings. The third kappa shape index (κ3) is 8.79. The average Bonchev–Trinajstić information content (AvgIpc) is 3.73. The summed E-state index contributed by atoms with van der Waals surface area (Å²) in [6.07, 6.45) is 4.57. The molecule has 3 aromatic heterocycles. The molecule has 6 N–H and O–H groups in total. The van der Waals surface area contributed by atoms with Crippen molar-refractivity contribution in [3.05, 3.63) is 82.5 Å².